The Hall–Kier alpha value is -6.08. The number of hydrogen-bond acceptors (Lipinski definition) is 20. The molecule has 0 bridgehead atoms. The van der Waals surface area contributed by atoms with Crippen LogP contribution in [0.1, 0.15) is 103 Å². The Morgan fingerprint density at radius 2 is 0.333 bits per heavy atom. The third-order valence-electron chi connectivity index (χ3n) is 12.0. The third-order valence-corrected chi connectivity index (χ3v) is 14.9. The quantitative estimate of drug-likeness (QED) is 0.0226. The second-order valence-electron chi connectivity index (χ2n) is 19.4. The van der Waals surface area contributed by atoms with Gasteiger partial charge in [-0.05, 0) is 33.4 Å². The number of carboxylic acid groups (broad SMARTS) is 6. The second kappa shape index (κ2) is 51.5. The van der Waals surface area contributed by atoms with Gasteiger partial charge in [-0.3, -0.25) is 28.8 Å². The summed E-state index contributed by atoms with van der Waals surface area (Å²) in [6.45, 7) is -3.25. The molecule has 26 heteroatoms. The molecule has 0 fully saturated rings. The zero-order chi connectivity index (χ0) is 68.5. The van der Waals surface area contributed by atoms with Crippen molar-refractivity contribution in [2.24, 2.45) is 10.8 Å². The van der Waals surface area contributed by atoms with Gasteiger partial charge in [0.05, 0.1) is 102 Å². The van der Waals surface area contributed by atoms with Gasteiger partial charge in [0.25, 0.3) is 0 Å². The molecule has 0 radical (unpaired) electrons. The van der Waals surface area contributed by atoms with Crippen LogP contribution in [0, 0.1) is 10.8 Å². The number of carboxylic acids is 6. The van der Waals surface area contributed by atoms with Crippen LogP contribution in [0.4, 0.5) is 0 Å². The Morgan fingerprint density at radius 3 is 0.400 bits per heavy atom. The minimum atomic E-state index is -1.11. The first-order valence-corrected chi connectivity index (χ1v) is 30.3. The molecule has 0 aliphatic heterocycles. The lowest BCUT2D eigenvalue weighted by Crippen LogP contribution is -2.37. The monoisotopic (exact) mass is 1360 g/mol. The Bertz CT molecular complexity index is 2310. The van der Waals surface area contributed by atoms with Crippen molar-refractivity contribution in [1.82, 2.24) is 0 Å². The number of aliphatic hydroxyl groups is 8. The van der Waals surface area contributed by atoms with E-state index in [0.717, 1.165) is 33.4 Å². The summed E-state index contributed by atoms with van der Waals surface area (Å²) < 4.78 is 0. The lowest BCUT2D eigenvalue weighted by Gasteiger charge is -2.23. The second-order valence-corrected chi connectivity index (χ2v) is 23.2. The molecule has 0 aromatic heterocycles. The highest BCUT2D eigenvalue weighted by Crippen LogP contribution is 2.27. The molecule has 0 aliphatic carbocycles. The summed E-state index contributed by atoms with van der Waals surface area (Å²) in [5, 5.41) is 118. The summed E-state index contributed by atoms with van der Waals surface area (Å²) in [6.07, 6.45) is 0.376. The molecule has 6 aromatic rings. The fraction of sp³-hybridized carbons (Fsp3) is 0.344. The molecule has 90 heavy (non-hydrogen) atoms. The van der Waals surface area contributed by atoms with E-state index >= 15 is 0 Å². The number of carbonyl (C=O) groups is 6. The molecular weight excluding hydrogens is 1280 g/mol. The van der Waals surface area contributed by atoms with Crippen LogP contribution in [0.5, 0.6) is 0 Å². The molecule has 20 nitrogen and oxygen atoms in total. The van der Waals surface area contributed by atoms with Crippen molar-refractivity contribution >= 4 is 112 Å². The summed E-state index contributed by atoms with van der Waals surface area (Å²) in [6, 6.07) is 56.4. The molecular formula is C64H84O20S6. The molecule has 14 N–H and O–H groups in total. The van der Waals surface area contributed by atoms with E-state index in [4.69, 9.17) is 71.5 Å². The van der Waals surface area contributed by atoms with Crippen molar-refractivity contribution < 1.29 is 100 Å². The SMILES string of the molecule is O=C(O)CC(S)c1ccccc1.O=C(O)CC(S)c1ccccc1.O=C(O)CC(S)c1ccccc1.O=C(O)CC(S)c1ccccc1.O=C(O)CC(S)c1ccccc1.O=C(O)CC(S)c1ccccc1.OCC(CO)(CO)CO.OCC(CO)(CO)CO. The molecule has 0 saturated carbocycles. The molecule has 0 heterocycles. The van der Waals surface area contributed by atoms with Gasteiger partial charge in [-0.25, -0.2) is 0 Å². The van der Waals surface area contributed by atoms with Crippen LogP contribution in [0.3, 0.4) is 0 Å². The molecule has 0 aliphatic rings. The standard InChI is InChI=1S/6C9H10O2S.2C5H12O4/c6*10-9(11)6-8(12)7-4-2-1-3-5-7;2*6-1-5(2-7,3-8)4-9/h6*1-5,8,12H,6H2,(H,10,11);2*6-9H,1-4H2. The van der Waals surface area contributed by atoms with E-state index < -0.39 is 99.5 Å². The fourth-order valence-electron chi connectivity index (χ4n) is 6.35. The van der Waals surface area contributed by atoms with Crippen molar-refractivity contribution in [2.45, 2.75) is 70.0 Å². The minimum absolute atomic E-state index is 0.0626. The minimum Gasteiger partial charge on any atom is -0.481 e. The van der Waals surface area contributed by atoms with Gasteiger partial charge in [-0.2, -0.15) is 75.8 Å². The average Bonchev–Trinajstić information content (AvgIpc) is 3.73. The molecule has 0 saturated heterocycles. The zero-order valence-corrected chi connectivity index (χ0v) is 54.4. The van der Waals surface area contributed by atoms with E-state index in [0.29, 0.717) is 0 Å². The lowest BCUT2D eigenvalue weighted by atomic mass is 9.93. The van der Waals surface area contributed by atoms with Gasteiger partial charge in [0.1, 0.15) is 0 Å². The van der Waals surface area contributed by atoms with Crippen LogP contribution in [-0.4, -0.2) is 160 Å². The highest BCUT2D eigenvalue weighted by molar-refractivity contribution is 7.81. The van der Waals surface area contributed by atoms with E-state index in [9.17, 15) is 28.8 Å². The fourth-order valence-corrected chi connectivity index (χ4v) is 8.32. The first-order chi connectivity index (χ1) is 42.7. The highest BCUT2D eigenvalue weighted by atomic mass is 32.1. The highest BCUT2D eigenvalue weighted by Gasteiger charge is 2.27. The summed E-state index contributed by atoms with van der Waals surface area (Å²) in [5.41, 5.74) is 3.46. The maximum atomic E-state index is 10.3. The molecule has 6 unspecified atom stereocenters. The molecule has 6 aromatic carbocycles. The summed E-state index contributed by atoms with van der Waals surface area (Å²) in [7, 11) is 0. The van der Waals surface area contributed by atoms with Crippen LogP contribution in [-0.2, 0) is 28.8 Å². The van der Waals surface area contributed by atoms with E-state index in [-0.39, 0.29) is 70.0 Å². The number of aliphatic carboxylic acids is 6. The van der Waals surface area contributed by atoms with E-state index in [1.54, 1.807) is 0 Å². The van der Waals surface area contributed by atoms with Gasteiger partial charge >= 0.3 is 35.8 Å². The number of benzene rings is 6. The van der Waals surface area contributed by atoms with Crippen molar-refractivity contribution in [1.29, 1.82) is 0 Å². The lowest BCUT2D eigenvalue weighted by molar-refractivity contribution is -0.138. The normalized spacial score (nSPS) is 12.3. The van der Waals surface area contributed by atoms with Crippen molar-refractivity contribution in [3.8, 4) is 0 Å². The molecule has 496 valence electrons. The van der Waals surface area contributed by atoms with Gasteiger partial charge in [-0.15, -0.1) is 0 Å². The van der Waals surface area contributed by atoms with Gasteiger partial charge in [0, 0.05) is 31.5 Å². The smallest absolute Gasteiger partial charge is 0.304 e. The van der Waals surface area contributed by atoms with Crippen LogP contribution in [0.25, 0.3) is 0 Å². The van der Waals surface area contributed by atoms with Crippen LogP contribution >= 0.6 is 75.8 Å². The first kappa shape index (κ1) is 86.0. The maximum absolute atomic E-state index is 10.3. The number of aliphatic hydroxyl groups excluding tert-OH is 8. The van der Waals surface area contributed by atoms with Crippen molar-refractivity contribution in [2.75, 3.05) is 52.9 Å². The Balaban J connectivity index is 0. The first-order valence-electron chi connectivity index (χ1n) is 27.2. The molecule has 6 rings (SSSR count). The summed E-state index contributed by atoms with van der Waals surface area (Å²) in [5.74, 6) is -4.92. The Kier molecular flexibility index (Phi) is 49.2. The van der Waals surface area contributed by atoms with Gasteiger partial charge in [-0.1, -0.05) is 182 Å². The number of rotatable bonds is 26. The number of hydrogen-bond donors (Lipinski definition) is 20. The van der Waals surface area contributed by atoms with E-state index in [1.807, 2.05) is 182 Å². The van der Waals surface area contributed by atoms with Gasteiger partial charge < -0.3 is 71.5 Å². The van der Waals surface area contributed by atoms with E-state index in [1.165, 1.54) is 0 Å². The predicted octanol–water partition coefficient (Wildman–Crippen LogP) is 8.68. The molecule has 6 atom stereocenters. The zero-order valence-electron chi connectivity index (χ0n) is 49.1. The van der Waals surface area contributed by atoms with Gasteiger partial charge in [0.2, 0.25) is 0 Å². The largest absolute Gasteiger partial charge is 0.481 e. The van der Waals surface area contributed by atoms with Crippen molar-refractivity contribution in [3.05, 3.63) is 215 Å². The maximum Gasteiger partial charge on any atom is 0.304 e. The van der Waals surface area contributed by atoms with Crippen molar-refractivity contribution in [3.63, 3.8) is 0 Å². The average molecular weight is 1370 g/mol. The third kappa shape index (κ3) is 41.3. The van der Waals surface area contributed by atoms with Crippen LogP contribution in [0.15, 0.2) is 182 Å². The summed E-state index contributed by atoms with van der Waals surface area (Å²) >= 11 is 25.1. The van der Waals surface area contributed by atoms with E-state index in [2.05, 4.69) is 75.8 Å². The van der Waals surface area contributed by atoms with Crippen LogP contribution < -0.4 is 0 Å². The Morgan fingerprint density at radius 1 is 0.233 bits per heavy atom. The van der Waals surface area contributed by atoms with Gasteiger partial charge in [0.15, 0.2) is 0 Å². The number of thiol groups is 6. The predicted molar refractivity (Wildman–Crippen MR) is 364 cm³/mol. The summed E-state index contributed by atoms with van der Waals surface area (Å²) in [4.78, 5) is 62.0. The Labute approximate surface area is 557 Å². The van der Waals surface area contributed by atoms with Crippen LogP contribution in [0.2, 0.25) is 0 Å². The molecule has 0 spiro atoms. The topological polar surface area (TPSA) is 386 Å². The molecule has 0 amide bonds.